The van der Waals surface area contributed by atoms with E-state index in [2.05, 4.69) is 5.32 Å². The number of amides is 1. The van der Waals surface area contributed by atoms with Crippen molar-refractivity contribution >= 4 is 27.6 Å². The fraction of sp³-hybridized carbons (Fsp3) is 0.600. The van der Waals surface area contributed by atoms with Gasteiger partial charge in [0.25, 0.3) is 0 Å². The third kappa shape index (κ3) is 4.22. The van der Waals surface area contributed by atoms with Crippen molar-refractivity contribution in [3.63, 3.8) is 0 Å². The quantitative estimate of drug-likeness (QED) is 0.699. The first kappa shape index (κ1) is 20.8. The number of piperidine rings is 1. The molecule has 1 aromatic rings. The lowest BCUT2D eigenvalue weighted by Gasteiger charge is -2.30. The molecule has 2 fully saturated rings. The van der Waals surface area contributed by atoms with Gasteiger partial charge in [0.15, 0.2) is 0 Å². The number of carbonyl (C=O) groups excluding carboxylic acids is 2. The van der Waals surface area contributed by atoms with Crippen molar-refractivity contribution in [2.75, 3.05) is 30.8 Å². The van der Waals surface area contributed by atoms with E-state index in [0.717, 1.165) is 18.4 Å². The highest BCUT2D eigenvalue weighted by atomic mass is 32.2. The van der Waals surface area contributed by atoms with Crippen LogP contribution in [0.3, 0.4) is 0 Å². The fourth-order valence-corrected chi connectivity index (χ4v) is 4.89. The molecule has 0 spiro atoms. The Kier molecular flexibility index (Phi) is 6.09. The summed E-state index contributed by atoms with van der Waals surface area (Å²) in [5.41, 5.74) is 1.02. The Bertz CT molecular complexity index is 831. The fourth-order valence-electron chi connectivity index (χ4n) is 3.71. The smallest absolute Gasteiger partial charge is 0.316 e. The molecule has 1 aliphatic heterocycles. The van der Waals surface area contributed by atoms with Gasteiger partial charge in [-0.3, -0.25) is 9.59 Å². The molecular weight excluding hydrogens is 380 g/mol. The SMILES string of the molecule is CCOC(=O)C1(c2ccc(NC(=O)[C@H]3CCCN(S(=O)(=O)CC)C3)cc2)CC1. The summed E-state index contributed by atoms with van der Waals surface area (Å²) in [5, 5.41) is 2.88. The number of anilines is 1. The van der Waals surface area contributed by atoms with Crippen LogP contribution in [-0.2, 0) is 29.8 Å². The minimum Gasteiger partial charge on any atom is -0.465 e. The Hall–Kier alpha value is -1.93. The molecule has 0 bridgehead atoms. The van der Waals surface area contributed by atoms with Crippen LogP contribution in [0.25, 0.3) is 0 Å². The van der Waals surface area contributed by atoms with Gasteiger partial charge in [0.1, 0.15) is 0 Å². The Labute approximate surface area is 166 Å². The highest BCUT2D eigenvalue weighted by Gasteiger charge is 2.52. The average molecular weight is 409 g/mol. The topological polar surface area (TPSA) is 92.8 Å². The van der Waals surface area contributed by atoms with Crippen LogP contribution >= 0.6 is 0 Å². The van der Waals surface area contributed by atoms with Crippen LogP contribution in [0.4, 0.5) is 5.69 Å². The van der Waals surface area contributed by atoms with Gasteiger partial charge in [0.2, 0.25) is 15.9 Å². The van der Waals surface area contributed by atoms with Crippen LogP contribution in [0.15, 0.2) is 24.3 Å². The Morgan fingerprint density at radius 3 is 2.46 bits per heavy atom. The van der Waals surface area contributed by atoms with Gasteiger partial charge in [0.05, 0.1) is 23.7 Å². The van der Waals surface area contributed by atoms with Crippen molar-refractivity contribution in [1.82, 2.24) is 4.31 Å². The van der Waals surface area contributed by atoms with E-state index in [1.165, 1.54) is 4.31 Å². The second kappa shape index (κ2) is 8.21. The summed E-state index contributed by atoms with van der Waals surface area (Å²) >= 11 is 0. The maximum absolute atomic E-state index is 12.6. The van der Waals surface area contributed by atoms with Crippen molar-refractivity contribution in [3.05, 3.63) is 29.8 Å². The van der Waals surface area contributed by atoms with Gasteiger partial charge in [-0.05, 0) is 57.2 Å². The van der Waals surface area contributed by atoms with Crippen molar-refractivity contribution < 1.29 is 22.7 Å². The van der Waals surface area contributed by atoms with E-state index in [1.54, 1.807) is 26.0 Å². The monoisotopic (exact) mass is 408 g/mol. The molecule has 3 rings (SSSR count). The number of hydrogen-bond donors (Lipinski definition) is 1. The number of sulfonamides is 1. The van der Waals surface area contributed by atoms with Crippen molar-refractivity contribution in [2.45, 2.75) is 44.9 Å². The minimum absolute atomic E-state index is 0.0466. The van der Waals surface area contributed by atoms with E-state index < -0.39 is 15.4 Å². The Balaban J connectivity index is 1.63. The van der Waals surface area contributed by atoms with Crippen LogP contribution in [-0.4, -0.2) is 50.0 Å². The molecule has 1 saturated heterocycles. The number of hydrogen-bond acceptors (Lipinski definition) is 5. The van der Waals surface area contributed by atoms with E-state index in [4.69, 9.17) is 4.74 Å². The zero-order valence-electron chi connectivity index (χ0n) is 16.4. The zero-order valence-corrected chi connectivity index (χ0v) is 17.3. The summed E-state index contributed by atoms with van der Waals surface area (Å²) < 4.78 is 30.8. The number of benzene rings is 1. The molecule has 154 valence electrons. The van der Waals surface area contributed by atoms with Gasteiger partial charge in [-0.15, -0.1) is 0 Å². The van der Waals surface area contributed by atoms with E-state index in [9.17, 15) is 18.0 Å². The molecule has 1 atom stereocenters. The molecule has 8 heteroatoms. The summed E-state index contributed by atoms with van der Waals surface area (Å²) in [6.07, 6.45) is 2.91. The molecular formula is C20H28N2O5S. The van der Waals surface area contributed by atoms with Crippen LogP contribution in [0.1, 0.15) is 45.1 Å². The second-order valence-corrected chi connectivity index (χ2v) is 9.72. The second-order valence-electron chi connectivity index (χ2n) is 7.47. The number of esters is 1. The van der Waals surface area contributed by atoms with Crippen LogP contribution in [0.5, 0.6) is 0 Å². The third-order valence-corrected chi connectivity index (χ3v) is 7.48. The summed E-state index contributed by atoms with van der Waals surface area (Å²) in [4.78, 5) is 24.8. The normalized spacial score (nSPS) is 21.7. The van der Waals surface area contributed by atoms with E-state index in [1.807, 2.05) is 12.1 Å². The summed E-state index contributed by atoms with van der Waals surface area (Å²) in [6.45, 7) is 4.48. The molecule has 0 unspecified atom stereocenters. The summed E-state index contributed by atoms with van der Waals surface area (Å²) in [7, 11) is -3.28. The number of ether oxygens (including phenoxy) is 1. The molecule has 0 aromatic heterocycles. The van der Waals surface area contributed by atoms with Gasteiger partial charge in [0, 0.05) is 18.8 Å². The van der Waals surface area contributed by atoms with Crippen LogP contribution < -0.4 is 5.32 Å². The van der Waals surface area contributed by atoms with Crippen LogP contribution in [0.2, 0.25) is 0 Å². The number of nitrogens with one attached hydrogen (secondary N) is 1. The number of nitrogens with zero attached hydrogens (tertiary/aromatic N) is 1. The molecule has 1 N–H and O–H groups in total. The summed E-state index contributed by atoms with van der Waals surface area (Å²) in [6, 6.07) is 7.29. The predicted octanol–water partition coefficient (Wildman–Crippen LogP) is 2.28. The minimum atomic E-state index is -3.28. The standard InChI is InChI=1S/C20H28N2O5S/c1-3-27-19(24)20(11-12-20)16-7-9-17(10-8-16)21-18(23)15-6-5-13-22(14-15)28(25,26)4-2/h7-10,15H,3-6,11-14H2,1-2H3,(H,21,23)/t15-/m0/s1. The molecule has 1 aromatic carbocycles. The lowest BCUT2D eigenvalue weighted by atomic mass is 9.95. The highest BCUT2D eigenvalue weighted by molar-refractivity contribution is 7.89. The van der Waals surface area contributed by atoms with Gasteiger partial charge >= 0.3 is 5.97 Å². The molecule has 1 saturated carbocycles. The average Bonchev–Trinajstić information content (AvgIpc) is 3.51. The lowest BCUT2D eigenvalue weighted by molar-refractivity contribution is -0.146. The third-order valence-electron chi connectivity index (χ3n) is 5.63. The van der Waals surface area contributed by atoms with Crippen molar-refractivity contribution in [1.29, 1.82) is 0 Å². The molecule has 7 nitrogen and oxygen atoms in total. The largest absolute Gasteiger partial charge is 0.465 e. The number of carbonyl (C=O) groups is 2. The Morgan fingerprint density at radius 2 is 1.89 bits per heavy atom. The van der Waals surface area contributed by atoms with Gasteiger partial charge < -0.3 is 10.1 Å². The van der Waals surface area contributed by atoms with Gasteiger partial charge in [-0.1, -0.05) is 12.1 Å². The highest BCUT2D eigenvalue weighted by Crippen LogP contribution is 2.49. The zero-order chi connectivity index (χ0) is 20.4. The van der Waals surface area contributed by atoms with Crippen molar-refractivity contribution in [3.8, 4) is 0 Å². The number of rotatable bonds is 7. The maximum Gasteiger partial charge on any atom is 0.316 e. The molecule has 1 aliphatic carbocycles. The molecule has 0 radical (unpaired) electrons. The first-order valence-corrected chi connectivity index (χ1v) is 11.5. The molecule has 28 heavy (non-hydrogen) atoms. The Morgan fingerprint density at radius 1 is 1.21 bits per heavy atom. The molecule has 1 heterocycles. The van der Waals surface area contributed by atoms with Gasteiger partial charge in [-0.2, -0.15) is 0 Å². The molecule has 2 aliphatic rings. The lowest BCUT2D eigenvalue weighted by Crippen LogP contribution is -2.44. The molecule has 1 amide bonds. The van der Waals surface area contributed by atoms with E-state index >= 15 is 0 Å². The summed E-state index contributed by atoms with van der Waals surface area (Å²) in [5.74, 6) is -0.670. The van der Waals surface area contributed by atoms with Crippen molar-refractivity contribution in [2.24, 2.45) is 5.92 Å². The van der Waals surface area contributed by atoms with E-state index in [-0.39, 0.29) is 30.1 Å². The van der Waals surface area contributed by atoms with Crippen LogP contribution in [0, 0.1) is 5.92 Å². The predicted molar refractivity (Wildman–Crippen MR) is 106 cm³/mol. The van der Waals surface area contributed by atoms with Gasteiger partial charge in [-0.25, -0.2) is 12.7 Å². The van der Waals surface area contributed by atoms with E-state index in [0.29, 0.717) is 31.7 Å². The first-order valence-electron chi connectivity index (χ1n) is 9.89. The first-order chi connectivity index (χ1) is 13.3. The maximum atomic E-state index is 12.6.